The van der Waals surface area contributed by atoms with E-state index in [0.29, 0.717) is 5.69 Å². The zero-order valence-corrected chi connectivity index (χ0v) is 7.66. The summed E-state index contributed by atoms with van der Waals surface area (Å²) in [6.45, 7) is 1.83. The molecule has 0 saturated carbocycles. The van der Waals surface area contributed by atoms with Crippen LogP contribution in [0.5, 0.6) is 0 Å². The minimum Gasteiger partial charge on any atom is -0.252 e. The molecular weight excluding hydrogens is 179 g/mol. The van der Waals surface area contributed by atoms with Crippen LogP contribution in [-0.2, 0) is 0 Å². The normalized spacial score (nSPS) is 10.1. The summed E-state index contributed by atoms with van der Waals surface area (Å²) in [5.41, 5.74) is 2.34. The summed E-state index contributed by atoms with van der Waals surface area (Å²) in [5, 5.41) is 0. The SMILES string of the molecule is Cc1cc(F)ccc1-c1[c]nccn1. The molecule has 0 spiro atoms. The molecule has 2 nitrogen and oxygen atoms in total. The van der Waals surface area contributed by atoms with Crippen molar-refractivity contribution >= 4 is 0 Å². The molecule has 1 heterocycles. The highest BCUT2D eigenvalue weighted by Gasteiger charge is 2.03. The van der Waals surface area contributed by atoms with Gasteiger partial charge in [0.05, 0.1) is 5.69 Å². The van der Waals surface area contributed by atoms with Crippen LogP contribution in [0.4, 0.5) is 4.39 Å². The number of hydrogen-bond acceptors (Lipinski definition) is 2. The van der Waals surface area contributed by atoms with Gasteiger partial charge in [-0.15, -0.1) is 0 Å². The molecule has 0 saturated heterocycles. The van der Waals surface area contributed by atoms with Crippen LogP contribution >= 0.6 is 0 Å². The number of benzene rings is 1. The van der Waals surface area contributed by atoms with Gasteiger partial charge in [0.1, 0.15) is 12.0 Å². The number of aromatic nitrogens is 2. The molecule has 2 aromatic rings. The molecule has 1 aromatic carbocycles. The Morgan fingerprint density at radius 3 is 2.79 bits per heavy atom. The lowest BCUT2D eigenvalue weighted by Crippen LogP contribution is -1.89. The highest BCUT2D eigenvalue weighted by Crippen LogP contribution is 2.20. The number of aryl methyl sites for hydroxylation is 1. The standard InChI is InChI=1S/C11H8FN2/c1-8-6-9(12)2-3-10(8)11-7-13-4-5-14-11/h2-6H,1H3. The summed E-state index contributed by atoms with van der Waals surface area (Å²) in [5.74, 6) is -0.241. The van der Waals surface area contributed by atoms with Crippen LogP contribution in [0.3, 0.4) is 0 Å². The van der Waals surface area contributed by atoms with Crippen LogP contribution in [-0.4, -0.2) is 9.97 Å². The summed E-state index contributed by atoms with van der Waals surface area (Å²) in [6, 6.07) is 4.56. The molecular formula is C11H8FN2. The van der Waals surface area contributed by atoms with Crippen LogP contribution in [0.2, 0.25) is 0 Å². The topological polar surface area (TPSA) is 25.8 Å². The highest BCUT2D eigenvalue weighted by atomic mass is 19.1. The molecule has 3 heteroatoms. The van der Waals surface area contributed by atoms with Gasteiger partial charge in [-0.2, -0.15) is 0 Å². The fourth-order valence-corrected chi connectivity index (χ4v) is 1.29. The van der Waals surface area contributed by atoms with Gasteiger partial charge in [0.15, 0.2) is 0 Å². The number of halogens is 1. The lowest BCUT2D eigenvalue weighted by atomic mass is 10.1. The summed E-state index contributed by atoms with van der Waals surface area (Å²) in [6.07, 6.45) is 5.91. The maximum atomic E-state index is 12.8. The van der Waals surface area contributed by atoms with E-state index in [1.807, 2.05) is 6.92 Å². The van der Waals surface area contributed by atoms with E-state index in [-0.39, 0.29) is 5.82 Å². The average Bonchev–Trinajstić information content (AvgIpc) is 2.19. The Morgan fingerprint density at radius 2 is 2.14 bits per heavy atom. The molecule has 0 aliphatic carbocycles. The van der Waals surface area contributed by atoms with Crippen molar-refractivity contribution in [3.8, 4) is 11.3 Å². The highest BCUT2D eigenvalue weighted by molar-refractivity contribution is 5.61. The summed E-state index contributed by atoms with van der Waals surface area (Å²) < 4.78 is 12.8. The second-order valence-electron chi connectivity index (χ2n) is 2.98. The minimum absolute atomic E-state index is 0.241. The first kappa shape index (κ1) is 8.81. The molecule has 1 aromatic heterocycles. The third-order valence-electron chi connectivity index (χ3n) is 1.96. The van der Waals surface area contributed by atoms with E-state index < -0.39 is 0 Å². The number of hydrogen-bond donors (Lipinski definition) is 0. The van der Waals surface area contributed by atoms with Gasteiger partial charge >= 0.3 is 0 Å². The molecule has 0 fully saturated rings. The molecule has 1 radical (unpaired) electrons. The maximum absolute atomic E-state index is 12.8. The Hall–Kier alpha value is -1.77. The van der Waals surface area contributed by atoms with Crippen LogP contribution in [0.1, 0.15) is 5.56 Å². The molecule has 14 heavy (non-hydrogen) atoms. The number of rotatable bonds is 1. The fraction of sp³-hybridized carbons (Fsp3) is 0.0909. The van der Waals surface area contributed by atoms with Crippen LogP contribution in [0.25, 0.3) is 11.3 Å². The van der Waals surface area contributed by atoms with Crippen molar-refractivity contribution in [2.24, 2.45) is 0 Å². The van der Waals surface area contributed by atoms with E-state index in [4.69, 9.17) is 0 Å². The van der Waals surface area contributed by atoms with Gasteiger partial charge in [-0.05, 0) is 30.7 Å². The Kier molecular flexibility index (Phi) is 2.23. The zero-order chi connectivity index (χ0) is 9.97. The Labute approximate surface area is 81.5 Å². The van der Waals surface area contributed by atoms with E-state index in [1.54, 1.807) is 18.5 Å². The van der Waals surface area contributed by atoms with Crippen molar-refractivity contribution in [2.75, 3.05) is 0 Å². The van der Waals surface area contributed by atoms with Gasteiger partial charge in [-0.1, -0.05) is 0 Å². The van der Waals surface area contributed by atoms with Crippen molar-refractivity contribution < 1.29 is 4.39 Å². The van der Waals surface area contributed by atoms with Gasteiger partial charge in [0.25, 0.3) is 0 Å². The second kappa shape index (κ2) is 3.54. The maximum Gasteiger partial charge on any atom is 0.123 e. The summed E-state index contributed by atoms with van der Waals surface area (Å²) in [4.78, 5) is 7.94. The summed E-state index contributed by atoms with van der Waals surface area (Å²) >= 11 is 0. The molecule has 69 valence electrons. The fourth-order valence-electron chi connectivity index (χ4n) is 1.29. The predicted octanol–water partition coefficient (Wildman–Crippen LogP) is 2.39. The molecule has 0 aliphatic heterocycles. The monoisotopic (exact) mass is 187 g/mol. The zero-order valence-electron chi connectivity index (χ0n) is 7.66. The van der Waals surface area contributed by atoms with Gasteiger partial charge in [0, 0.05) is 18.0 Å². The molecule has 0 unspecified atom stereocenters. The molecule has 0 atom stereocenters. The van der Waals surface area contributed by atoms with Crippen molar-refractivity contribution in [3.05, 3.63) is 48.2 Å². The van der Waals surface area contributed by atoms with Crippen molar-refractivity contribution in [2.45, 2.75) is 6.92 Å². The van der Waals surface area contributed by atoms with E-state index in [1.165, 1.54) is 12.1 Å². The average molecular weight is 187 g/mol. The molecule has 0 aliphatic rings. The van der Waals surface area contributed by atoms with E-state index >= 15 is 0 Å². The Morgan fingerprint density at radius 1 is 1.29 bits per heavy atom. The van der Waals surface area contributed by atoms with Crippen molar-refractivity contribution in [1.29, 1.82) is 0 Å². The van der Waals surface area contributed by atoms with Crippen LogP contribution in [0, 0.1) is 18.9 Å². The van der Waals surface area contributed by atoms with Crippen LogP contribution < -0.4 is 0 Å². The first-order valence-corrected chi connectivity index (χ1v) is 4.22. The first-order chi connectivity index (χ1) is 6.77. The molecule has 0 bridgehead atoms. The lowest BCUT2D eigenvalue weighted by molar-refractivity contribution is 0.627. The van der Waals surface area contributed by atoms with Crippen LogP contribution in [0.15, 0.2) is 30.6 Å². The van der Waals surface area contributed by atoms with Gasteiger partial charge in [-0.3, -0.25) is 9.97 Å². The number of nitrogens with zero attached hydrogens (tertiary/aromatic N) is 2. The third-order valence-corrected chi connectivity index (χ3v) is 1.96. The predicted molar refractivity (Wildman–Crippen MR) is 51.0 cm³/mol. The van der Waals surface area contributed by atoms with E-state index in [2.05, 4.69) is 16.2 Å². The minimum atomic E-state index is -0.241. The summed E-state index contributed by atoms with van der Waals surface area (Å²) in [7, 11) is 0. The van der Waals surface area contributed by atoms with Crippen molar-refractivity contribution in [3.63, 3.8) is 0 Å². The largest absolute Gasteiger partial charge is 0.252 e. The lowest BCUT2D eigenvalue weighted by Gasteiger charge is -2.03. The van der Waals surface area contributed by atoms with Gasteiger partial charge < -0.3 is 0 Å². The van der Waals surface area contributed by atoms with E-state index in [0.717, 1.165) is 11.1 Å². The second-order valence-corrected chi connectivity index (χ2v) is 2.98. The quantitative estimate of drug-likeness (QED) is 0.685. The van der Waals surface area contributed by atoms with Gasteiger partial charge in [0.2, 0.25) is 0 Å². The smallest absolute Gasteiger partial charge is 0.123 e. The molecule has 0 N–H and O–H groups in total. The molecule has 0 amide bonds. The Bertz CT molecular complexity index is 440. The third kappa shape index (κ3) is 1.62. The Balaban J connectivity index is 2.53. The first-order valence-electron chi connectivity index (χ1n) is 4.22. The van der Waals surface area contributed by atoms with Gasteiger partial charge in [-0.25, -0.2) is 4.39 Å². The molecule has 2 rings (SSSR count). The van der Waals surface area contributed by atoms with E-state index in [9.17, 15) is 4.39 Å². The van der Waals surface area contributed by atoms with Crippen molar-refractivity contribution in [1.82, 2.24) is 9.97 Å².